The summed E-state index contributed by atoms with van der Waals surface area (Å²) in [6, 6.07) is 8.15. The number of hydrogen-bond acceptors (Lipinski definition) is 11. The Bertz CT molecular complexity index is 1200. The minimum Gasteiger partial charge on any atom is -0.394 e. The number of fused-ring (bicyclic) bond motifs is 2. The first-order valence-electron chi connectivity index (χ1n) is 10.1. The lowest BCUT2D eigenvalue weighted by Gasteiger charge is -2.17. The van der Waals surface area contributed by atoms with Crippen molar-refractivity contribution in [3.8, 4) is 0 Å². The number of thiazole rings is 1. The number of aliphatic hydroxyl groups is 3. The number of thioether (sulfide) groups is 1. The number of ether oxygens (including phenoxy) is 1. The first-order valence-corrected chi connectivity index (χ1v) is 11.9. The number of anilines is 1. The summed E-state index contributed by atoms with van der Waals surface area (Å²) in [6.07, 6.45) is -1.27. The Morgan fingerprint density at radius 2 is 2.06 bits per heavy atom. The second-order valence-corrected chi connectivity index (χ2v) is 9.88. The predicted octanol–water partition coefficient (Wildman–Crippen LogP) is 1.64. The fraction of sp³-hybridized carbons (Fsp3) is 0.400. The van der Waals surface area contributed by atoms with Crippen LogP contribution >= 0.6 is 23.1 Å². The molecular weight excluding hydrogens is 452 g/mol. The molecule has 32 heavy (non-hydrogen) atoms. The number of aliphatic hydroxyl groups excluding tert-OH is 3. The zero-order chi connectivity index (χ0) is 22.2. The molecule has 0 saturated carbocycles. The van der Waals surface area contributed by atoms with Crippen molar-refractivity contribution >= 4 is 50.3 Å². The van der Waals surface area contributed by atoms with Crippen LogP contribution in [-0.4, -0.2) is 76.5 Å². The molecule has 4 N–H and O–H groups in total. The molecule has 1 aliphatic rings. The van der Waals surface area contributed by atoms with Crippen LogP contribution in [0.25, 0.3) is 21.4 Å². The van der Waals surface area contributed by atoms with Crippen LogP contribution in [0, 0.1) is 0 Å². The van der Waals surface area contributed by atoms with E-state index in [0.717, 1.165) is 15.6 Å². The van der Waals surface area contributed by atoms with E-state index in [1.807, 2.05) is 18.2 Å². The molecular formula is C20H22N6O4S2. The van der Waals surface area contributed by atoms with Gasteiger partial charge in [0, 0.05) is 11.8 Å². The van der Waals surface area contributed by atoms with Gasteiger partial charge < -0.3 is 25.4 Å². The SMILES string of the molecule is C[C@H](CSc1nc2ccccc2s1)Nc1ncnc2c1ncn2[C@@H]1O[C@H](CO)C(O)C1O. The average molecular weight is 475 g/mol. The van der Waals surface area contributed by atoms with Crippen LogP contribution in [-0.2, 0) is 4.74 Å². The third kappa shape index (κ3) is 3.93. The molecule has 1 aliphatic heterocycles. The highest BCUT2D eigenvalue weighted by Crippen LogP contribution is 2.33. The van der Waals surface area contributed by atoms with E-state index in [9.17, 15) is 15.3 Å². The summed E-state index contributed by atoms with van der Waals surface area (Å²) in [5, 5.41) is 33.1. The van der Waals surface area contributed by atoms with Gasteiger partial charge in [0.05, 0.1) is 23.2 Å². The normalized spacial score (nSPS) is 24.4. The summed E-state index contributed by atoms with van der Waals surface area (Å²) in [4.78, 5) is 17.7. The summed E-state index contributed by atoms with van der Waals surface area (Å²) >= 11 is 3.35. The van der Waals surface area contributed by atoms with E-state index in [-0.39, 0.29) is 6.04 Å². The second kappa shape index (κ2) is 8.89. The summed E-state index contributed by atoms with van der Waals surface area (Å²) in [5.41, 5.74) is 2.00. The van der Waals surface area contributed by atoms with Crippen molar-refractivity contribution in [2.45, 2.75) is 41.8 Å². The molecule has 3 aromatic heterocycles. The Morgan fingerprint density at radius 3 is 2.84 bits per heavy atom. The first-order chi connectivity index (χ1) is 15.5. The Hall–Kier alpha value is -2.35. The van der Waals surface area contributed by atoms with Crippen molar-refractivity contribution < 1.29 is 20.1 Å². The zero-order valence-corrected chi connectivity index (χ0v) is 18.7. The van der Waals surface area contributed by atoms with E-state index >= 15 is 0 Å². The lowest BCUT2D eigenvalue weighted by Crippen LogP contribution is -2.33. The molecule has 0 radical (unpaired) electrons. The Balaban J connectivity index is 1.30. The van der Waals surface area contributed by atoms with Gasteiger partial charge in [-0.05, 0) is 19.1 Å². The van der Waals surface area contributed by atoms with Gasteiger partial charge in [-0.2, -0.15) is 0 Å². The monoisotopic (exact) mass is 474 g/mol. The lowest BCUT2D eigenvalue weighted by atomic mass is 10.1. The first kappa shape index (κ1) is 21.5. The third-order valence-electron chi connectivity index (χ3n) is 5.26. The van der Waals surface area contributed by atoms with E-state index in [1.165, 1.54) is 17.4 Å². The van der Waals surface area contributed by atoms with Gasteiger partial charge in [-0.1, -0.05) is 23.9 Å². The maximum Gasteiger partial charge on any atom is 0.167 e. The van der Waals surface area contributed by atoms with Crippen LogP contribution in [0.1, 0.15) is 13.2 Å². The number of nitrogens with zero attached hydrogens (tertiary/aromatic N) is 5. The van der Waals surface area contributed by atoms with Crippen molar-refractivity contribution in [2.75, 3.05) is 17.7 Å². The van der Waals surface area contributed by atoms with Gasteiger partial charge in [0.15, 0.2) is 27.5 Å². The summed E-state index contributed by atoms with van der Waals surface area (Å²) < 4.78 is 9.34. The van der Waals surface area contributed by atoms with Gasteiger partial charge in [0.1, 0.15) is 24.6 Å². The number of hydrogen-bond donors (Lipinski definition) is 4. The standard InChI is InChI=1S/C20H22N6O4S2/c1-10(7-31-20-25-11-4-2-3-5-13(11)32-20)24-17-14-18(22-8-21-17)26(9-23-14)19-16(29)15(28)12(6-27)30-19/h2-5,8-10,12,15-16,19,27-29H,6-7H2,1H3,(H,21,22,24)/t10-,12-,15?,16?,19-/m1/s1. The quantitative estimate of drug-likeness (QED) is 0.292. The highest BCUT2D eigenvalue weighted by atomic mass is 32.2. The maximum atomic E-state index is 10.3. The Kier molecular flexibility index (Phi) is 5.97. The summed E-state index contributed by atoms with van der Waals surface area (Å²) in [7, 11) is 0. The number of aromatic nitrogens is 5. The molecule has 10 nitrogen and oxygen atoms in total. The van der Waals surface area contributed by atoms with Gasteiger partial charge in [0.2, 0.25) is 0 Å². The molecule has 1 fully saturated rings. The molecule has 12 heteroatoms. The van der Waals surface area contributed by atoms with Gasteiger partial charge >= 0.3 is 0 Å². The molecule has 5 rings (SSSR count). The number of imidazole rings is 1. The zero-order valence-electron chi connectivity index (χ0n) is 17.1. The predicted molar refractivity (Wildman–Crippen MR) is 122 cm³/mol. The number of nitrogens with one attached hydrogen (secondary N) is 1. The number of benzene rings is 1. The van der Waals surface area contributed by atoms with Gasteiger partial charge in [-0.25, -0.2) is 19.9 Å². The van der Waals surface area contributed by atoms with Crippen LogP contribution < -0.4 is 5.32 Å². The molecule has 168 valence electrons. The fourth-order valence-corrected chi connectivity index (χ4v) is 5.68. The Labute approximate surface area is 191 Å². The molecule has 0 aliphatic carbocycles. The van der Waals surface area contributed by atoms with Crippen LogP contribution in [0.3, 0.4) is 0 Å². The fourth-order valence-electron chi connectivity index (χ4n) is 3.64. The molecule has 1 saturated heterocycles. The third-order valence-corrected chi connectivity index (χ3v) is 7.70. The lowest BCUT2D eigenvalue weighted by molar-refractivity contribution is -0.0511. The van der Waals surface area contributed by atoms with Gasteiger partial charge in [-0.3, -0.25) is 4.57 Å². The molecule has 0 bridgehead atoms. The molecule has 2 unspecified atom stereocenters. The summed E-state index contributed by atoms with van der Waals surface area (Å²) in [6.45, 7) is 1.66. The maximum absolute atomic E-state index is 10.3. The van der Waals surface area contributed by atoms with E-state index in [0.29, 0.717) is 17.0 Å². The Morgan fingerprint density at radius 1 is 1.22 bits per heavy atom. The molecule has 4 heterocycles. The van der Waals surface area contributed by atoms with Crippen LogP contribution in [0.4, 0.5) is 5.82 Å². The second-order valence-electron chi connectivity index (χ2n) is 7.58. The van der Waals surface area contributed by atoms with E-state index in [1.54, 1.807) is 27.7 Å². The molecule has 0 spiro atoms. The average Bonchev–Trinajstić information content (AvgIpc) is 3.49. The molecule has 4 aromatic rings. The number of para-hydroxylation sites is 1. The smallest absolute Gasteiger partial charge is 0.167 e. The highest BCUT2D eigenvalue weighted by Gasteiger charge is 2.44. The minimum atomic E-state index is -1.21. The van der Waals surface area contributed by atoms with Crippen LogP contribution in [0.2, 0.25) is 0 Å². The van der Waals surface area contributed by atoms with Crippen molar-refractivity contribution in [1.29, 1.82) is 0 Å². The topological polar surface area (TPSA) is 138 Å². The van der Waals surface area contributed by atoms with Crippen molar-refractivity contribution in [3.05, 3.63) is 36.9 Å². The van der Waals surface area contributed by atoms with Crippen LogP contribution in [0.15, 0.2) is 41.3 Å². The van der Waals surface area contributed by atoms with Gasteiger partial charge in [0.25, 0.3) is 0 Å². The van der Waals surface area contributed by atoms with Crippen molar-refractivity contribution in [2.24, 2.45) is 0 Å². The largest absolute Gasteiger partial charge is 0.394 e. The van der Waals surface area contributed by atoms with Crippen LogP contribution in [0.5, 0.6) is 0 Å². The van der Waals surface area contributed by atoms with Crippen molar-refractivity contribution in [1.82, 2.24) is 24.5 Å². The van der Waals surface area contributed by atoms with E-state index in [4.69, 9.17) is 4.74 Å². The van der Waals surface area contributed by atoms with Crippen molar-refractivity contribution in [3.63, 3.8) is 0 Å². The highest BCUT2D eigenvalue weighted by molar-refractivity contribution is 8.01. The minimum absolute atomic E-state index is 0.0733. The van der Waals surface area contributed by atoms with E-state index in [2.05, 4.69) is 38.2 Å². The molecule has 0 amide bonds. The van der Waals surface area contributed by atoms with E-state index < -0.39 is 31.1 Å². The molecule has 5 atom stereocenters. The molecule has 1 aromatic carbocycles. The van der Waals surface area contributed by atoms with Gasteiger partial charge in [-0.15, -0.1) is 11.3 Å². The number of rotatable bonds is 7. The summed E-state index contributed by atoms with van der Waals surface area (Å²) in [5.74, 6) is 1.35.